The summed E-state index contributed by atoms with van der Waals surface area (Å²) in [7, 11) is 0. The van der Waals surface area contributed by atoms with E-state index in [4.69, 9.17) is 0 Å². The van der Waals surface area contributed by atoms with Crippen LogP contribution in [0.4, 0.5) is 13.2 Å². The molecule has 2 aliphatic heterocycles. The lowest BCUT2D eigenvalue weighted by Gasteiger charge is -2.30. The standard InChI is InChI=1S/C18H23F3N2O/c1-11(15-4-2-3-5-16(15)18(19,20)21)8-17(24)23-14-9-12-6-7-13(10-14)22-12/h2-5,11-14,22H,6-10H2,1H3,(H,23,24). The van der Waals surface area contributed by atoms with Crippen molar-refractivity contribution in [2.75, 3.05) is 0 Å². The molecule has 3 atom stereocenters. The molecule has 2 N–H and O–H groups in total. The molecule has 2 bridgehead atoms. The van der Waals surface area contributed by atoms with Gasteiger partial charge in [0.2, 0.25) is 5.91 Å². The number of rotatable bonds is 4. The van der Waals surface area contributed by atoms with Crippen LogP contribution < -0.4 is 10.6 Å². The second kappa shape index (κ2) is 6.75. The number of nitrogens with one attached hydrogen (secondary N) is 2. The number of hydrogen-bond donors (Lipinski definition) is 2. The highest BCUT2D eigenvalue weighted by atomic mass is 19.4. The molecule has 2 heterocycles. The van der Waals surface area contributed by atoms with E-state index in [9.17, 15) is 18.0 Å². The van der Waals surface area contributed by atoms with Gasteiger partial charge >= 0.3 is 6.18 Å². The van der Waals surface area contributed by atoms with Gasteiger partial charge in [0.1, 0.15) is 0 Å². The molecule has 2 saturated heterocycles. The monoisotopic (exact) mass is 340 g/mol. The fraction of sp³-hybridized carbons (Fsp3) is 0.611. The first kappa shape index (κ1) is 17.3. The van der Waals surface area contributed by atoms with Gasteiger partial charge in [-0.1, -0.05) is 25.1 Å². The van der Waals surface area contributed by atoms with Gasteiger partial charge in [0.05, 0.1) is 5.56 Å². The summed E-state index contributed by atoms with van der Waals surface area (Å²) in [5, 5.41) is 6.53. The van der Waals surface area contributed by atoms with Crippen molar-refractivity contribution in [3.8, 4) is 0 Å². The van der Waals surface area contributed by atoms with Crippen LogP contribution >= 0.6 is 0 Å². The van der Waals surface area contributed by atoms with Crippen LogP contribution in [-0.2, 0) is 11.0 Å². The third-order valence-corrected chi connectivity index (χ3v) is 5.13. The molecular weight excluding hydrogens is 317 g/mol. The maximum Gasteiger partial charge on any atom is 0.416 e. The van der Waals surface area contributed by atoms with Crippen molar-refractivity contribution in [2.24, 2.45) is 0 Å². The molecule has 1 aromatic rings. The SMILES string of the molecule is CC(CC(=O)NC1CC2CCC(C1)N2)c1ccccc1C(F)(F)F. The zero-order valence-corrected chi connectivity index (χ0v) is 13.7. The summed E-state index contributed by atoms with van der Waals surface area (Å²) >= 11 is 0. The fourth-order valence-electron chi connectivity index (χ4n) is 4.03. The minimum atomic E-state index is -4.39. The summed E-state index contributed by atoms with van der Waals surface area (Å²) in [6.45, 7) is 1.68. The zero-order valence-electron chi connectivity index (χ0n) is 13.7. The zero-order chi connectivity index (χ0) is 17.3. The van der Waals surface area contributed by atoms with E-state index in [1.807, 2.05) is 0 Å². The number of amides is 1. The van der Waals surface area contributed by atoms with Crippen molar-refractivity contribution >= 4 is 5.91 Å². The van der Waals surface area contributed by atoms with Gasteiger partial charge in [0.25, 0.3) is 0 Å². The van der Waals surface area contributed by atoms with Crippen LogP contribution in [0, 0.1) is 0 Å². The number of carbonyl (C=O) groups excluding carboxylic acids is 1. The first-order chi connectivity index (χ1) is 11.3. The predicted octanol–water partition coefficient (Wildman–Crippen LogP) is 3.60. The minimum absolute atomic E-state index is 0.0757. The van der Waals surface area contributed by atoms with E-state index < -0.39 is 17.7 Å². The third kappa shape index (κ3) is 3.91. The molecule has 24 heavy (non-hydrogen) atoms. The Labute approximate surface area is 140 Å². The average molecular weight is 340 g/mol. The number of alkyl halides is 3. The quantitative estimate of drug-likeness (QED) is 0.879. The number of benzene rings is 1. The van der Waals surface area contributed by atoms with Crippen molar-refractivity contribution in [1.29, 1.82) is 0 Å². The van der Waals surface area contributed by atoms with Crippen molar-refractivity contribution < 1.29 is 18.0 Å². The van der Waals surface area contributed by atoms with Crippen molar-refractivity contribution in [3.05, 3.63) is 35.4 Å². The van der Waals surface area contributed by atoms with Crippen molar-refractivity contribution in [3.63, 3.8) is 0 Å². The molecule has 3 rings (SSSR count). The van der Waals surface area contributed by atoms with Gasteiger partial charge in [-0.25, -0.2) is 0 Å². The molecule has 0 spiro atoms. The summed E-state index contributed by atoms with van der Waals surface area (Å²) in [5.41, 5.74) is -0.462. The van der Waals surface area contributed by atoms with E-state index in [1.54, 1.807) is 13.0 Å². The molecule has 3 nitrogen and oxygen atoms in total. The maximum absolute atomic E-state index is 13.1. The second-order valence-corrected chi connectivity index (χ2v) is 7.06. The molecule has 132 valence electrons. The van der Waals surface area contributed by atoms with Gasteiger partial charge in [0, 0.05) is 24.5 Å². The lowest BCUT2D eigenvalue weighted by Crippen LogP contribution is -2.48. The lowest BCUT2D eigenvalue weighted by atomic mass is 9.92. The van der Waals surface area contributed by atoms with Gasteiger partial charge in [-0.3, -0.25) is 4.79 Å². The van der Waals surface area contributed by atoms with Crippen LogP contribution in [0.1, 0.15) is 56.1 Å². The Kier molecular flexibility index (Phi) is 4.85. The van der Waals surface area contributed by atoms with E-state index in [0.29, 0.717) is 12.1 Å². The summed E-state index contributed by atoms with van der Waals surface area (Å²) in [5.74, 6) is -0.632. The topological polar surface area (TPSA) is 41.1 Å². The van der Waals surface area contributed by atoms with Crippen LogP contribution in [0.2, 0.25) is 0 Å². The Morgan fingerprint density at radius 3 is 2.50 bits per heavy atom. The number of piperidine rings is 1. The van der Waals surface area contributed by atoms with E-state index in [2.05, 4.69) is 10.6 Å². The fourth-order valence-corrected chi connectivity index (χ4v) is 4.03. The molecular formula is C18H23F3N2O. The molecule has 1 aromatic carbocycles. The van der Waals surface area contributed by atoms with E-state index in [1.165, 1.54) is 12.1 Å². The van der Waals surface area contributed by atoms with E-state index >= 15 is 0 Å². The highest BCUT2D eigenvalue weighted by Gasteiger charge is 2.36. The lowest BCUT2D eigenvalue weighted by molar-refractivity contribution is -0.138. The number of hydrogen-bond acceptors (Lipinski definition) is 2. The van der Waals surface area contributed by atoms with Crippen LogP contribution in [0.3, 0.4) is 0 Å². The van der Waals surface area contributed by atoms with E-state index in [-0.39, 0.29) is 23.9 Å². The normalized spacial score (nSPS) is 27.8. The Morgan fingerprint density at radius 2 is 1.88 bits per heavy atom. The number of halogens is 3. The molecule has 0 aromatic heterocycles. The van der Waals surface area contributed by atoms with Crippen molar-refractivity contribution in [1.82, 2.24) is 10.6 Å². The van der Waals surface area contributed by atoms with E-state index in [0.717, 1.165) is 31.7 Å². The largest absolute Gasteiger partial charge is 0.416 e. The van der Waals surface area contributed by atoms with Gasteiger partial charge in [-0.05, 0) is 43.2 Å². The third-order valence-electron chi connectivity index (χ3n) is 5.13. The van der Waals surface area contributed by atoms with Crippen LogP contribution in [0.5, 0.6) is 0 Å². The Hall–Kier alpha value is -1.56. The molecule has 0 saturated carbocycles. The predicted molar refractivity (Wildman–Crippen MR) is 85.6 cm³/mol. The Bertz CT molecular complexity index is 590. The molecule has 3 unspecified atom stereocenters. The average Bonchev–Trinajstić information content (AvgIpc) is 2.85. The van der Waals surface area contributed by atoms with Gasteiger partial charge in [0.15, 0.2) is 0 Å². The summed E-state index contributed by atoms with van der Waals surface area (Å²) in [6.07, 6.45) is -0.202. The first-order valence-electron chi connectivity index (χ1n) is 8.54. The second-order valence-electron chi connectivity index (χ2n) is 7.06. The Morgan fingerprint density at radius 1 is 1.25 bits per heavy atom. The summed E-state index contributed by atoms with van der Waals surface area (Å²) in [4.78, 5) is 12.3. The molecule has 2 fully saturated rings. The first-order valence-corrected chi connectivity index (χ1v) is 8.54. The van der Waals surface area contributed by atoms with Gasteiger partial charge in [-0.15, -0.1) is 0 Å². The molecule has 6 heteroatoms. The number of fused-ring (bicyclic) bond motifs is 2. The maximum atomic E-state index is 13.1. The highest BCUT2D eigenvalue weighted by molar-refractivity contribution is 5.77. The minimum Gasteiger partial charge on any atom is -0.353 e. The molecule has 0 aliphatic carbocycles. The molecule has 0 radical (unpaired) electrons. The Balaban J connectivity index is 1.61. The van der Waals surface area contributed by atoms with Gasteiger partial charge in [-0.2, -0.15) is 13.2 Å². The van der Waals surface area contributed by atoms with Crippen LogP contribution in [0.15, 0.2) is 24.3 Å². The molecule has 1 amide bonds. The van der Waals surface area contributed by atoms with Gasteiger partial charge < -0.3 is 10.6 Å². The smallest absolute Gasteiger partial charge is 0.353 e. The summed E-state index contributed by atoms with van der Waals surface area (Å²) < 4.78 is 39.3. The van der Waals surface area contributed by atoms with Crippen molar-refractivity contribution in [2.45, 2.75) is 69.2 Å². The highest BCUT2D eigenvalue weighted by Crippen LogP contribution is 2.36. The van der Waals surface area contributed by atoms with Crippen LogP contribution in [0.25, 0.3) is 0 Å². The number of carbonyl (C=O) groups is 1. The summed E-state index contributed by atoms with van der Waals surface area (Å²) in [6, 6.07) is 6.59. The molecule has 2 aliphatic rings. The van der Waals surface area contributed by atoms with Crippen LogP contribution in [-0.4, -0.2) is 24.0 Å².